The van der Waals surface area contributed by atoms with Crippen molar-refractivity contribution in [3.05, 3.63) is 0 Å². The Labute approximate surface area is 133 Å². The smallest absolute Gasteiger partial charge is 0.0324 e. The van der Waals surface area contributed by atoms with Crippen LogP contribution < -0.4 is 0 Å². The van der Waals surface area contributed by atoms with Crippen molar-refractivity contribution in [3.8, 4) is 0 Å². The van der Waals surface area contributed by atoms with E-state index >= 15 is 0 Å². The lowest BCUT2D eigenvalue weighted by Crippen LogP contribution is -2.42. The van der Waals surface area contributed by atoms with Crippen molar-refractivity contribution < 1.29 is 0 Å². The van der Waals surface area contributed by atoms with Crippen LogP contribution in [0.15, 0.2) is 0 Å². The molecule has 5 atom stereocenters. The Hall–Kier alpha value is 0. The molecule has 0 radical (unpaired) electrons. The van der Waals surface area contributed by atoms with Crippen LogP contribution in [0.1, 0.15) is 85.5 Å². The first-order chi connectivity index (χ1) is 10.1. The number of fused-ring (bicyclic) bond motifs is 1. The molecule has 3 aliphatic carbocycles. The van der Waals surface area contributed by atoms with Crippen LogP contribution in [0.2, 0.25) is 0 Å². The summed E-state index contributed by atoms with van der Waals surface area (Å²) in [5.74, 6) is 8.39. The van der Waals surface area contributed by atoms with E-state index in [0.717, 1.165) is 47.3 Å². The second kappa shape index (κ2) is 6.63. The average Bonchev–Trinajstić information content (AvgIpc) is 2.93. The summed E-state index contributed by atoms with van der Waals surface area (Å²) in [6, 6.07) is 0. The largest absolute Gasteiger partial charge is 0.0651 e. The van der Waals surface area contributed by atoms with Gasteiger partial charge in [0.15, 0.2) is 0 Å². The average molecular weight is 291 g/mol. The topological polar surface area (TPSA) is 0 Å². The van der Waals surface area contributed by atoms with Crippen LogP contribution in [0.25, 0.3) is 0 Å². The Morgan fingerprint density at radius 1 is 0.905 bits per heavy atom. The Morgan fingerprint density at radius 3 is 2.24 bits per heavy atom. The molecule has 3 fully saturated rings. The molecule has 0 saturated heterocycles. The van der Waals surface area contributed by atoms with Gasteiger partial charge in [-0.2, -0.15) is 0 Å². The zero-order chi connectivity index (χ0) is 15.0. The van der Waals surface area contributed by atoms with Gasteiger partial charge in [-0.15, -0.1) is 0 Å². The highest BCUT2D eigenvalue weighted by molar-refractivity contribution is 4.96. The summed E-state index contributed by atoms with van der Waals surface area (Å²) >= 11 is 0. The fraction of sp³-hybridized carbons (Fsp3) is 1.00. The lowest BCUT2D eigenvalue weighted by atomic mass is 9.56. The second-order valence-electron chi connectivity index (χ2n) is 9.14. The predicted molar refractivity (Wildman–Crippen MR) is 92.2 cm³/mol. The van der Waals surface area contributed by atoms with Crippen LogP contribution in [0.4, 0.5) is 0 Å². The first-order valence-corrected chi connectivity index (χ1v) is 10.1. The third kappa shape index (κ3) is 3.06. The fourth-order valence-electron chi connectivity index (χ4n) is 6.78. The predicted octanol–water partition coefficient (Wildman–Crippen LogP) is 6.55. The lowest BCUT2D eigenvalue weighted by molar-refractivity contribution is -0.00180. The maximum Gasteiger partial charge on any atom is -0.0324 e. The minimum Gasteiger partial charge on any atom is -0.0651 e. The van der Waals surface area contributed by atoms with Gasteiger partial charge in [-0.25, -0.2) is 0 Å². The van der Waals surface area contributed by atoms with Gasteiger partial charge < -0.3 is 0 Å². The van der Waals surface area contributed by atoms with Gasteiger partial charge in [0.2, 0.25) is 0 Å². The summed E-state index contributed by atoms with van der Waals surface area (Å²) in [7, 11) is 0. The summed E-state index contributed by atoms with van der Waals surface area (Å²) in [5, 5.41) is 0. The summed E-state index contributed by atoms with van der Waals surface area (Å²) in [5.41, 5.74) is 0. The van der Waals surface area contributed by atoms with E-state index in [1.165, 1.54) is 25.7 Å². The van der Waals surface area contributed by atoms with Crippen molar-refractivity contribution in [1.29, 1.82) is 0 Å². The molecular weight excluding hydrogens is 252 g/mol. The molecule has 0 aromatic rings. The molecule has 0 nitrogen and oxygen atoms in total. The van der Waals surface area contributed by atoms with E-state index in [1.807, 2.05) is 0 Å². The van der Waals surface area contributed by atoms with E-state index in [0.29, 0.717) is 0 Å². The summed E-state index contributed by atoms with van der Waals surface area (Å²) in [6.07, 6.45) is 13.8. The minimum atomic E-state index is 0.914. The van der Waals surface area contributed by atoms with Crippen molar-refractivity contribution >= 4 is 0 Å². The Morgan fingerprint density at radius 2 is 1.62 bits per heavy atom. The number of hydrogen-bond donors (Lipinski definition) is 0. The maximum absolute atomic E-state index is 2.58. The van der Waals surface area contributed by atoms with Gasteiger partial charge in [-0.3, -0.25) is 0 Å². The lowest BCUT2D eigenvalue weighted by Gasteiger charge is -2.49. The van der Waals surface area contributed by atoms with Crippen molar-refractivity contribution in [3.63, 3.8) is 0 Å². The van der Waals surface area contributed by atoms with Crippen molar-refractivity contribution in [2.24, 2.45) is 47.3 Å². The molecule has 0 aromatic carbocycles. The van der Waals surface area contributed by atoms with E-state index in [-0.39, 0.29) is 0 Å². The molecule has 0 spiro atoms. The molecule has 0 amide bonds. The maximum atomic E-state index is 2.58. The molecule has 5 unspecified atom stereocenters. The molecule has 3 saturated carbocycles. The van der Waals surface area contributed by atoms with Crippen molar-refractivity contribution in [2.75, 3.05) is 0 Å². The molecule has 0 N–H and O–H groups in total. The second-order valence-corrected chi connectivity index (χ2v) is 9.14. The molecule has 21 heavy (non-hydrogen) atoms. The molecule has 122 valence electrons. The van der Waals surface area contributed by atoms with Crippen LogP contribution in [0, 0.1) is 47.3 Å². The Kier molecular flexibility index (Phi) is 5.01. The third-order valence-corrected chi connectivity index (χ3v) is 7.89. The molecule has 0 heterocycles. The molecule has 3 aliphatic rings. The van der Waals surface area contributed by atoms with Crippen LogP contribution in [0.5, 0.6) is 0 Å². The van der Waals surface area contributed by atoms with Crippen LogP contribution in [-0.4, -0.2) is 0 Å². The van der Waals surface area contributed by atoms with Gasteiger partial charge in [0.25, 0.3) is 0 Å². The van der Waals surface area contributed by atoms with E-state index in [4.69, 9.17) is 0 Å². The van der Waals surface area contributed by atoms with Gasteiger partial charge in [-0.05, 0) is 85.9 Å². The molecular formula is C21H38. The van der Waals surface area contributed by atoms with Gasteiger partial charge in [0.05, 0.1) is 0 Å². The van der Waals surface area contributed by atoms with E-state index < -0.39 is 0 Å². The SMILES string of the molecule is CCC1C(C)CC2CCCC2C1C1CCC(C(C)C)CC1. The van der Waals surface area contributed by atoms with E-state index in [1.54, 1.807) is 32.1 Å². The van der Waals surface area contributed by atoms with Crippen molar-refractivity contribution in [1.82, 2.24) is 0 Å². The Balaban J connectivity index is 1.71. The zero-order valence-electron chi connectivity index (χ0n) is 15.0. The van der Waals surface area contributed by atoms with Crippen LogP contribution in [-0.2, 0) is 0 Å². The highest BCUT2D eigenvalue weighted by Gasteiger charge is 2.47. The first-order valence-electron chi connectivity index (χ1n) is 10.1. The zero-order valence-corrected chi connectivity index (χ0v) is 15.0. The van der Waals surface area contributed by atoms with Crippen LogP contribution in [0.3, 0.4) is 0 Å². The first kappa shape index (κ1) is 15.9. The molecule has 3 rings (SSSR count). The highest BCUT2D eigenvalue weighted by Crippen LogP contribution is 2.56. The van der Waals surface area contributed by atoms with Gasteiger partial charge in [0.1, 0.15) is 0 Å². The van der Waals surface area contributed by atoms with Crippen LogP contribution >= 0.6 is 0 Å². The number of rotatable bonds is 3. The molecule has 0 bridgehead atoms. The summed E-state index contributed by atoms with van der Waals surface area (Å²) in [6.45, 7) is 9.93. The summed E-state index contributed by atoms with van der Waals surface area (Å²) < 4.78 is 0. The fourth-order valence-corrected chi connectivity index (χ4v) is 6.78. The Bertz CT molecular complexity index is 321. The molecule has 0 heteroatoms. The van der Waals surface area contributed by atoms with E-state index in [9.17, 15) is 0 Å². The van der Waals surface area contributed by atoms with E-state index in [2.05, 4.69) is 27.7 Å². The summed E-state index contributed by atoms with van der Waals surface area (Å²) in [4.78, 5) is 0. The standard InChI is InChI=1S/C21H38/c1-5-19-15(4)13-18-7-6-8-20(18)21(19)17-11-9-16(10-12-17)14(2)3/h14-21H,5-13H2,1-4H3. The van der Waals surface area contributed by atoms with Gasteiger partial charge in [0, 0.05) is 0 Å². The highest BCUT2D eigenvalue weighted by atomic mass is 14.5. The minimum absolute atomic E-state index is 0.914. The quantitative estimate of drug-likeness (QED) is 0.553. The number of hydrogen-bond acceptors (Lipinski definition) is 0. The van der Waals surface area contributed by atoms with Gasteiger partial charge in [-0.1, -0.05) is 47.0 Å². The normalized spacial score (nSPS) is 47.6. The molecule has 0 aliphatic heterocycles. The molecule has 0 aromatic heterocycles. The van der Waals surface area contributed by atoms with Gasteiger partial charge >= 0.3 is 0 Å². The van der Waals surface area contributed by atoms with Crippen molar-refractivity contribution in [2.45, 2.75) is 85.5 Å². The third-order valence-electron chi connectivity index (χ3n) is 7.89. The monoisotopic (exact) mass is 290 g/mol.